The van der Waals surface area contributed by atoms with Crippen molar-refractivity contribution >= 4 is 27.8 Å². The van der Waals surface area contributed by atoms with Gasteiger partial charge in [-0.05, 0) is 47.8 Å². The average Bonchev–Trinajstić information content (AvgIpc) is 2.49. The highest BCUT2D eigenvalue weighted by Crippen LogP contribution is 2.25. The maximum Gasteiger partial charge on any atom is 0.306 e. The summed E-state index contributed by atoms with van der Waals surface area (Å²) in [5, 5.41) is 8.96. The molecule has 0 unspecified atom stereocenters. The van der Waals surface area contributed by atoms with Crippen LogP contribution < -0.4 is 4.74 Å². The number of para-hydroxylation sites is 1. The Hall–Kier alpha value is -1.56. The summed E-state index contributed by atoms with van der Waals surface area (Å²) in [5.74, 6) is -0.596. The predicted octanol–water partition coefficient (Wildman–Crippen LogP) is 2.54. The largest absolute Gasteiger partial charge is 0.481 e. The molecule has 21 heavy (non-hydrogen) atoms. The van der Waals surface area contributed by atoms with E-state index >= 15 is 0 Å². The van der Waals surface area contributed by atoms with Crippen molar-refractivity contribution in [1.29, 1.82) is 0 Å². The molecule has 1 aromatic carbocycles. The number of carboxylic acid groups (broad SMARTS) is 1. The van der Waals surface area contributed by atoms with Crippen LogP contribution in [-0.2, 0) is 9.59 Å². The van der Waals surface area contributed by atoms with Crippen LogP contribution in [0.1, 0.15) is 19.8 Å². The Morgan fingerprint density at radius 3 is 2.52 bits per heavy atom. The quantitative estimate of drug-likeness (QED) is 0.900. The van der Waals surface area contributed by atoms with E-state index in [1.54, 1.807) is 17.9 Å². The summed E-state index contributed by atoms with van der Waals surface area (Å²) >= 11 is 3.38. The molecule has 0 radical (unpaired) electrons. The molecule has 1 fully saturated rings. The van der Waals surface area contributed by atoms with E-state index in [-0.39, 0.29) is 11.8 Å². The highest BCUT2D eigenvalue weighted by atomic mass is 79.9. The molecule has 1 aliphatic heterocycles. The number of carboxylic acids is 1. The number of halogens is 1. The molecule has 0 aliphatic carbocycles. The number of nitrogens with zero attached hydrogens (tertiary/aromatic N) is 1. The van der Waals surface area contributed by atoms with Crippen LogP contribution in [0.25, 0.3) is 0 Å². The molecule has 0 saturated carbocycles. The van der Waals surface area contributed by atoms with Crippen molar-refractivity contribution < 1.29 is 19.4 Å². The number of likely N-dealkylation sites (tertiary alicyclic amines) is 1. The molecule has 6 heteroatoms. The van der Waals surface area contributed by atoms with E-state index in [4.69, 9.17) is 9.84 Å². The zero-order chi connectivity index (χ0) is 15.4. The van der Waals surface area contributed by atoms with Crippen LogP contribution in [0.2, 0.25) is 0 Å². The van der Waals surface area contributed by atoms with Gasteiger partial charge in [-0.25, -0.2) is 0 Å². The first-order valence-electron chi connectivity index (χ1n) is 6.92. The minimum Gasteiger partial charge on any atom is -0.481 e. The number of hydrogen-bond donors (Lipinski definition) is 1. The van der Waals surface area contributed by atoms with Crippen molar-refractivity contribution in [3.63, 3.8) is 0 Å². The summed E-state index contributed by atoms with van der Waals surface area (Å²) in [6.45, 7) is 2.66. The number of amides is 1. The van der Waals surface area contributed by atoms with Crippen LogP contribution in [0.15, 0.2) is 28.7 Å². The molecule has 1 amide bonds. The lowest BCUT2D eigenvalue weighted by Crippen LogP contribution is -2.45. The smallest absolute Gasteiger partial charge is 0.306 e. The minimum absolute atomic E-state index is 0.102. The third kappa shape index (κ3) is 3.97. The molecule has 0 bridgehead atoms. The van der Waals surface area contributed by atoms with Gasteiger partial charge >= 0.3 is 5.97 Å². The lowest BCUT2D eigenvalue weighted by Gasteiger charge is -2.32. The second-order valence-electron chi connectivity index (χ2n) is 5.13. The van der Waals surface area contributed by atoms with Gasteiger partial charge in [0, 0.05) is 13.1 Å². The molecular weight excluding hydrogens is 338 g/mol. The van der Waals surface area contributed by atoms with Crippen molar-refractivity contribution in [2.45, 2.75) is 25.9 Å². The number of aliphatic carboxylic acids is 1. The zero-order valence-corrected chi connectivity index (χ0v) is 13.4. The van der Waals surface area contributed by atoms with Gasteiger partial charge in [0.2, 0.25) is 0 Å². The summed E-state index contributed by atoms with van der Waals surface area (Å²) in [4.78, 5) is 24.9. The van der Waals surface area contributed by atoms with Gasteiger partial charge in [-0.3, -0.25) is 9.59 Å². The van der Waals surface area contributed by atoms with Crippen LogP contribution in [0, 0.1) is 5.92 Å². The Balaban J connectivity index is 1.92. The number of ether oxygens (including phenoxy) is 1. The number of carbonyl (C=O) groups is 2. The summed E-state index contributed by atoms with van der Waals surface area (Å²) in [5.41, 5.74) is 0. The first-order valence-corrected chi connectivity index (χ1v) is 7.71. The molecule has 1 aliphatic rings. The topological polar surface area (TPSA) is 66.8 Å². The highest BCUT2D eigenvalue weighted by molar-refractivity contribution is 9.10. The van der Waals surface area contributed by atoms with Gasteiger partial charge < -0.3 is 14.7 Å². The fourth-order valence-electron chi connectivity index (χ4n) is 2.39. The van der Waals surface area contributed by atoms with Gasteiger partial charge in [0.05, 0.1) is 10.4 Å². The molecule has 0 aromatic heterocycles. The molecule has 1 N–H and O–H groups in total. The van der Waals surface area contributed by atoms with E-state index in [0.29, 0.717) is 31.7 Å². The zero-order valence-electron chi connectivity index (χ0n) is 11.8. The van der Waals surface area contributed by atoms with Gasteiger partial charge in [0.1, 0.15) is 5.75 Å². The number of rotatable bonds is 4. The van der Waals surface area contributed by atoms with Gasteiger partial charge in [-0.15, -0.1) is 0 Å². The first kappa shape index (κ1) is 15.8. The van der Waals surface area contributed by atoms with Crippen molar-refractivity contribution in [1.82, 2.24) is 4.90 Å². The SMILES string of the molecule is C[C@@H](Oc1ccccc1Br)C(=O)N1CCC(C(=O)O)CC1. The molecule has 1 saturated heterocycles. The molecule has 0 spiro atoms. The third-order valence-electron chi connectivity index (χ3n) is 3.64. The second-order valence-corrected chi connectivity index (χ2v) is 5.98. The van der Waals surface area contributed by atoms with Crippen LogP contribution in [0.5, 0.6) is 5.75 Å². The van der Waals surface area contributed by atoms with Crippen molar-refractivity contribution in [2.75, 3.05) is 13.1 Å². The van der Waals surface area contributed by atoms with E-state index in [0.717, 1.165) is 4.47 Å². The molecule has 2 rings (SSSR count). The van der Waals surface area contributed by atoms with Gasteiger partial charge in [-0.1, -0.05) is 12.1 Å². The molecule has 114 valence electrons. The number of piperidine rings is 1. The van der Waals surface area contributed by atoms with Gasteiger partial charge in [-0.2, -0.15) is 0 Å². The fourth-order valence-corrected chi connectivity index (χ4v) is 2.76. The van der Waals surface area contributed by atoms with Crippen molar-refractivity contribution in [3.8, 4) is 5.75 Å². The summed E-state index contributed by atoms with van der Waals surface area (Å²) in [7, 11) is 0. The highest BCUT2D eigenvalue weighted by Gasteiger charge is 2.29. The fraction of sp³-hybridized carbons (Fsp3) is 0.467. The average molecular weight is 356 g/mol. The maximum absolute atomic E-state index is 12.3. The van der Waals surface area contributed by atoms with E-state index in [1.165, 1.54) is 0 Å². The van der Waals surface area contributed by atoms with E-state index in [9.17, 15) is 9.59 Å². The lowest BCUT2D eigenvalue weighted by atomic mass is 9.97. The number of carbonyl (C=O) groups excluding carboxylic acids is 1. The predicted molar refractivity (Wildman–Crippen MR) is 81.2 cm³/mol. The molecule has 5 nitrogen and oxygen atoms in total. The van der Waals surface area contributed by atoms with Crippen molar-refractivity contribution in [3.05, 3.63) is 28.7 Å². The van der Waals surface area contributed by atoms with E-state index < -0.39 is 12.1 Å². The van der Waals surface area contributed by atoms with E-state index in [2.05, 4.69) is 15.9 Å². The Labute approximate surface area is 132 Å². The molecular formula is C15H18BrNO4. The minimum atomic E-state index is -0.778. The van der Waals surface area contributed by atoms with E-state index in [1.807, 2.05) is 18.2 Å². The van der Waals surface area contributed by atoms with Crippen LogP contribution in [0.3, 0.4) is 0 Å². The van der Waals surface area contributed by atoms with Crippen LogP contribution in [0.4, 0.5) is 0 Å². The van der Waals surface area contributed by atoms with Gasteiger partial charge in [0.15, 0.2) is 6.10 Å². The summed E-state index contributed by atoms with van der Waals surface area (Å²) in [6, 6.07) is 7.37. The second kappa shape index (κ2) is 6.93. The lowest BCUT2D eigenvalue weighted by molar-refractivity contribution is -0.147. The Morgan fingerprint density at radius 1 is 1.33 bits per heavy atom. The van der Waals surface area contributed by atoms with Crippen LogP contribution >= 0.6 is 15.9 Å². The third-order valence-corrected chi connectivity index (χ3v) is 4.30. The molecule has 1 heterocycles. The number of hydrogen-bond acceptors (Lipinski definition) is 3. The Bertz CT molecular complexity index is 526. The maximum atomic E-state index is 12.3. The monoisotopic (exact) mass is 355 g/mol. The summed E-state index contributed by atoms with van der Waals surface area (Å²) < 4.78 is 6.48. The van der Waals surface area contributed by atoms with Crippen LogP contribution in [-0.4, -0.2) is 41.1 Å². The van der Waals surface area contributed by atoms with Gasteiger partial charge in [0.25, 0.3) is 5.91 Å². The number of benzene rings is 1. The first-order chi connectivity index (χ1) is 9.99. The van der Waals surface area contributed by atoms with Crippen molar-refractivity contribution in [2.24, 2.45) is 5.92 Å². The normalized spacial score (nSPS) is 17.3. The standard InChI is InChI=1S/C15H18BrNO4/c1-10(21-13-5-3-2-4-12(13)16)14(18)17-8-6-11(7-9-17)15(19)20/h2-5,10-11H,6-9H2,1H3,(H,19,20)/t10-/m1/s1. The Morgan fingerprint density at radius 2 is 1.95 bits per heavy atom. The Kier molecular flexibility index (Phi) is 5.22. The molecule has 1 atom stereocenters. The summed E-state index contributed by atoms with van der Waals surface area (Å²) in [6.07, 6.45) is 0.413. The molecule has 1 aromatic rings.